The Morgan fingerprint density at radius 3 is 2.62 bits per heavy atom. The van der Waals surface area contributed by atoms with Crippen molar-refractivity contribution in [2.75, 3.05) is 14.2 Å². The largest absolute Gasteiger partial charge is 0.493 e. The fraction of sp³-hybridized carbons (Fsp3) is 0.333. The van der Waals surface area contributed by atoms with Crippen LogP contribution in [0.5, 0.6) is 17.2 Å². The second-order valence-corrected chi connectivity index (χ2v) is 7.76. The average molecular weight is 414 g/mol. The zero-order valence-corrected chi connectivity index (χ0v) is 17.3. The molecule has 1 aromatic carbocycles. The topological polar surface area (TPSA) is 78.8 Å². The molecule has 2 heterocycles. The molecule has 0 bridgehead atoms. The van der Waals surface area contributed by atoms with Crippen molar-refractivity contribution in [1.82, 2.24) is 9.88 Å². The van der Waals surface area contributed by atoms with Gasteiger partial charge in [0.05, 0.1) is 31.8 Å². The van der Waals surface area contributed by atoms with E-state index in [1.807, 2.05) is 18.4 Å². The molecule has 1 atom stereocenters. The van der Waals surface area contributed by atoms with Crippen molar-refractivity contribution in [2.24, 2.45) is 0 Å². The Labute approximate surface area is 171 Å². The SMILES string of the molecule is CCn1cc(OC(=O)N[C@@H]2CCc3sccc32)c2cc(OC)c(OC)cc2c1=O. The minimum absolute atomic E-state index is 0.0540. The number of aryl methyl sites for hydroxylation is 2. The van der Waals surface area contributed by atoms with Gasteiger partial charge in [0.15, 0.2) is 17.2 Å². The third-order valence-electron chi connectivity index (χ3n) is 5.20. The number of thiophene rings is 1. The second kappa shape index (κ2) is 7.79. The van der Waals surface area contributed by atoms with E-state index in [2.05, 4.69) is 5.32 Å². The van der Waals surface area contributed by atoms with Gasteiger partial charge in [-0.15, -0.1) is 11.3 Å². The molecule has 0 spiro atoms. The molecule has 0 radical (unpaired) electrons. The van der Waals surface area contributed by atoms with Crippen LogP contribution >= 0.6 is 11.3 Å². The third kappa shape index (κ3) is 3.44. The molecule has 0 fully saturated rings. The highest BCUT2D eigenvalue weighted by molar-refractivity contribution is 7.10. The number of nitrogens with one attached hydrogen (secondary N) is 1. The van der Waals surface area contributed by atoms with Crippen LogP contribution in [0, 0.1) is 0 Å². The van der Waals surface area contributed by atoms with Gasteiger partial charge in [-0.2, -0.15) is 0 Å². The standard InChI is InChI=1S/C21H22N2O5S/c1-4-23-11-18(13-9-16(26-2)17(27-3)10-14(13)20(23)24)28-21(25)22-15-5-6-19-12(15)7-8-29-19/h7-11,15H,4-6H2,1-3H3,(H,22,25)/t15-/m1/s1. The summed E-state index contributed by atoms with van der Waals surface area (Å²) in [5, 5.41) is 5.87. The fourth-order valence-electron chi connectivity index (χ4n) is 3.72. The molecule has 7 nitrogen and oxygen atoms in total. The van der Waals surface area contributed by atoms with Crippen molar-refractivity contribution in [3.8, 4) is 17.2 Å². The van der Waals surface area contributed by atoms with Gasteiger partial charge < -0.3 is 24.1 Å². The molecule has 4 rings (SSSR count). The predicted molar refractivity (Wildman–Crippen MR) is 112 cm³/mol. The first-order valence-electron chi connectivity index (χ1n) is 9.39. The summed E-state index contributed by atoms with van der Waals surface area (Å²) >= 11 is 1.71. The molecule has 1 N–H and O–H groups in total. The number of amides is 1. The molecule has 0 aliphatic heterocycles. The van der Waals surface area contributed by atoms with Gasteiger partial charge in [0.2, 0.25) is 0 Å². The monoisotopic (exact) mass is 414 g/mol. The maximum absolute atomic E-state index is 12.8. The van der Waals surface area contributed by atoms with Crippen LogP contribution in [0.25, 0.3) is 10.8 Å². The van der Waals surface area contributed by atoms with Crippen LogP contribution < -0.4 is 25.1 Å². The summed E-state index contributed by atoms with van der Waals surface area (Å²) in [6.07, 6.45) is 2.82. The van der Waals surface area contributed by atoms with E-state index in [-0.39, 0.29) is 11.6 Å². The summed E-state index contributed by atoms with van der Waals surface area (Å²) < 4.78 is 17.8. The zero-order chi connectivity index (χ0) is 20.5. The minimum atomic E-state index is -0.550. The van der Waals surface area contributed by atoms with Crippen LogP contribution in [0.3, 0.4) is 0 Å². The number of aromatic nitrogens is 1. The van der Waals surface area contributed by atoms with Crippen LogP contribution in [-0.4, -0.2) is 24.9 Å². The molecular formula is C21H22N2O5S. The van der Waals surface area contributed by atoms with E-state index in [1.54, 1.807) is 29.7 Å². The van der Waals surface area contributed by atoms with Gasteiger partial charge in [-0.05, 0) is 48.9 Å². The van der Waals surface area contributed by atoms with Gasteiger partial charge in [-0.25, -0.2) is 4.79 Å². The van der Waals surface area contributed by atoms with Crippen LogP contribution in [0.1, 0.15) is 29.8 Å². The van der Waals surface area contributed by atoms with Gasteiger partial charge in [-0.1, -0.05) is 0 Å². The summed E-state index contributed by atoms with van der Waals surface area (Å²) in [5.41, 5.74) is 0.969. The molecule has 3 aromatic rings. The maximum atomic E-state index is 12.8. The Morgan fingerprint density at radius 1 is 1.21 bits per heavy atom. The molecule has 0 unspecified atom stereocenters. The van der Waals surface area contributed by atoms with E-state index >= 15 is 0 Å². The highest BCUT2D eigenvalue weighted by Crippen LogP contribution is 2.36. The average Bonchev–Trinajstić information content (AvgIpc) is 3.34. The Balaban J connectivity index is 1.70. The summed E-state index contributed by atoms with van der Waals surface area (Å²) in [5.74, 6) is 1.19. The number of carbonyl (C=O) groups excluding carboxylic acids is 1. The highest BCUT2D eigenvalue weighted by Gasteiger charge is 2.26. The van der Waals surface area contributed by atoms with E-state index in [0.29, 0.717) is 34.6 Å². The quantitative estimate of drug-likeness (QED) is 0.686. The van der Waals surface area contributed by atoms with Crippen molar-refractivity contribution < 1.29 is 19.0 Å². The van der Waals surface area contributed by atoms with Gasteiger partial charge in [0.1, 0.15) is 0 Å². The minimum Gasteiger partial charge on any atom is -0.493 e. The summed E-state index contributed by atoms with van der Waals surface area (Å²) in [4.78, 5) is 26.7. The number of methoxy groups -OCH3 is 2. The number of ether oxygens (including phenoxy) is 3. The van der Waals surface area contributed by atoms with Crippen LogP contribution in [0.15, 0.2) is 34.6 Å². The summed E-state index contributed by atoms with van der Waals surface area (Å²) in [7, 11) is 3.03. The third-order valence-corrected chi connectivity index (χ3v) is 6.20. The lowest BCUT2D eigenvalue weighted by Crippen LogP contribution is -2.30. The molecule has 29 heavy (non-hydrogen) atoms. The molecule has 0 saturated carbocycles. The number of pyridine rings is 1. The summed E-state index contributed by atoms with van der Waals surface area (Å²) in [6.45, 7) is 2.30. The van der Waals surface area contributed by atoms with Crippen LogP contribution in [0.4, 0.5) is 4.79 Å². The van der Waals surface area contributed by atoms with E-state index in [0.717, 1.165) is 18.4 Å². The lowest BCUT2D eigenvalue weighted by atomic mass is 10.1. The van der Waals surface area contributed by atoms with Gasteiger partial charge in [0, 0.05) is 16.8 Å². The van der Waals surface area contributed by atoms with E-state index in [9.17, 15) is 9.59 Å². The Kier molecular flexibility index (Phi) is 5.19. The first-order chi connectivity index (χ1) is 14.0. The number of rotatable bonds is 5. The lowest BCUT2D eigenvalue weighted by molar-refractivity contribution is 0.196. The fourth-order valence-corrected chi connectivity index (χ4v) is 4.68. The number of hydrogen-bond donors (Lipinski definition) is 1. The molecule has 2 aromatic heterocycles. The molecule has 0 saturated heterocycles. The number of fused-ring (bicyclic) bond motifs is 2. The smallest absolute Gasteiger partial charge is 0.413 e. The zero-order valence-electron chi connectivity index (χ0n) is 16.5. The van der Waals surface area contributed by atoms with Crippen LogP contribution in [-0.2, 0) is 13.0 Å². The van der Waals surface area contributed by atoms with E-state index in [4.69, 9.17) is 14.2 Å². The molecule has 152 valence electrons. The molecule has 1 aliphatic rings. The van der Waals surface area contributed by atoms with Gasteiger partial charge >= 0.3 is 6.09 Å². The molecular weight excluding hydrogens is 392 g/mol. The maximum Gasteiger partial charge on any atom is 0.413 e. The van der Waals surface area contributed by atoms with Gasteiger partial charge in [0.25, 0.3) is 5.56 Å². The Bertz CT molecular complexity index is 1130. The predicted octanol–water partition coefficient (Wildman–Crippen LogP) is 3.88. The van der Waals surface area contributed by atoms with Crippen molar-refractivity contribution >= 4 is 28.2 Å². The normalized spacial score (nSPS) is 15.2. The Morgan fingerprint density at radius 2 is 1.93 bits per heavy atom. The second-order valence-electron chi connectivity index (χ2n) is 6.76. The molecule has 1 amide bonds. The van der Waals surface area contributed by atoms with Crippen molar-refractivity contribution in [2.45, 2.75) is 32.4 Å². The van der Waals surface area contributed by atoms with E-state index in [1.165, 1.54) is 23.7 Å². The number of benzene rings is 1. The Hall–Kier alpha value is -3.00. The number of nitrogens with zero attached hydrogens (tertiary/aromatic N) is 1. The van der Waals surface area contributed by atoms with E-state index < -0.39 is 6.09 Å². The first-order valence-corrected chi connectivity index (χ1v) is 10.3. The van der Waals surface area contributed by atoms with Gasteiger partial charge in [-0.3, -0.25) is 4.79 Å². The van der Waals surface area contributed by atoms with Crippen molar-refractivity contribution in [3.63, 3.8) is 0 Å². The van der Waals surface area contributed by atoms with Crippen LogP contribution in [0.2, 0.25) is 0 Å². The highest BCUT2D eigenvalue weighted by atomic mass is 32.1. The summed E-state index contributed by atoms with van der Waals surface area (Å²) in [6, 6.07) is 5.26. The first kappa shape index (κ1) is 19.3. The number of carbonyl (C=O) groups is 1. The molecule has 1 aliphatic carbocycles. The molecule has 8 heteroatoms. The van der Waals surface area contributed by atoms with Crippen molar-refractivity contribution in [3.05, 3.63) is 50.6 Å². The lowest BCUT2D eigenvalue weighted by Gasteiger charge is -2.16. The van der Waals surface area contributed by atoms with Crippen molar-refractivity contribution in [1.29, 1.82) is 0 Å². The number of hydrogen-bond acceptors (Lipinski definition) is 6.